The lowest BCUT2D eigenvalue weighted by Crippen LogP contribution is -2.41. The molecule has 5 nitrogen and oxygen atoms in total. The van der Waals surface area contributed by atoms with Gasteiger partial charge in [0.2, 0.25) is 0 Å². The number of anilines is 1. The van der Waals surface area contributed by atoms with Crippen LogP contribution in [-0.2, 0) is 9.53 Å². The Morgan fingerprint density at radius 1 is 0.967 bits per heavy atom. The number of carbonyl (C=O) groups excluding carboxylic acids is 3. The van der Waals surface area contributed by atoms with Crippen LogP contribution >= 0.6 is 11.8 Å². The van der Waals surface area contributed by atoms with Crippen molar-refractivity contribution in [2.45, 2.75) is 10.9 Å². The summed E-state index contributed by atoms with van der Waals surface area (Å²) in [6, 6.07) is 23.5. The number of hydrogen-bond donors (Lipinski definition) is 0. The van der Waals surface area contributed by atoms with E-state index in [2.05, 4.69) is 0 Å². The number of carbonyl (C=O) groups is 3. The number of ether oxygens (including phenoxy) is 1. The molecule has 3 aromatic carbocycles. The van der Waals surface area contributed by atoms with Crippen LogP contribution in [0, 0.1) is 0 Å². The largest absolute Gasteiger partial charge is 0.452 e. The van der Waals surface area contributed by atoms with Gasteiger partial charge in [0.05, 0.1) is 17.3 Å². The Bertz CT molecular complexity index is 1070. The molecule has 0 saturated heterocycles. The van der Waals surface area contributed by atoms with Crippen LogP contribution in [0.5, 0.6) is 0 Å². The van der Waals surface area contributed by atoms with Gasteiger partial charge in [-0.15, -0.1) is 11.8 Å². The first kappa shape index (κ1) is 19.9. The smallest absolute Gasteiger partial charge is 0.338 e. The van der Waals surface area contributed by atoms with Crippen molar-refractivity contribution in [3.05, 3.63) is 95.6 Å². The molecule has 4 rings (SSSR count). The van der Waals surface area contributed by atoms with Crippen LogP contribution in [0.3, 0.4) is 0 Å². The third-order valence-electron chi connectivity index (χ3n) is 4.90. The van der Waals surface area contributed by atoms with Crippen molar-refractivity contribution in [2.24, 2.45) is 0 Å². The zero-order chi connectivity index (χ0) is 20.9. The summed E-state index contributed by atoms with van der Waals surface area (Å²) in [6.07, 6.45) is 0.703. The van der Waals surface area contributed by atoms with Gasteiger partial charge < -0.3 is 4.74 Å². The predicted octanol–water partition coefficient (Wildman–Crippen LogP) is 4.54. The van der Waals surface area contributed by atoms with Gasteiger partial charge in [0.1, 0.15) is 6.29 Å². The lowest BCUT2D eigenvalue weighted by molar-refractivity contribution is -0.122. The first-order valence-electron chi connectivity index (χ1n) is 9.48. The van der Waals surface area contributed by atoms with Gasteiger partial charge in [-0.05, 0) is 29.8 Å². The van der Waals surface area contributed by atoms with Crippen LogP contribution in [0.15, 0.2) is 83.8 Å². The maximum atomic E-state index is 13.2. The molecule has 3 aromatic rings. The van der Waals surface area contributed by atoms with Gasteiger partial charge in [-0.3, -0.25) is 14.5 Å². The quantitative estimate of drug-likeness (QED) is 0.451. The van der Waals surface area contributed by atoms with Crippen LogP contribution in [0.25, 0.3) is 0 Å². The fourth-order valence-electron chi connectivity index (χ4n) is 3.40. The molecule has 150 valence electrons. The Morgan fingerprint density at radius 3 is 2.40 bits per heavy atom. The summed E-state index contributed by atoms with van der Waals surface area (Å²) < 4.78 is 5.29. The highest BCUT2D eigenvalue weighted by Crippen LogP contribution is 2.43. The van der Waals surface area contributed by atoms with Gasteiger partial charge in [0.15, 0.2) is 6.61 Å². The van der Waals surface area contributed by atoms with Gasteiger partial charge in [-0.2, -0.15) is 0 Å². The lowest BCUT2D eigenvalue weighted by Gasteiger charge is -2.37. The van der Waals surface area contributed by atoms with Crippen LogP contribution in [0.4, 0.5) is 5.69 Å². The summed E-state index contributed by atoms with van der Waals surface area (Å²) in [5.41, 5.74) is 2.61. The molecule has 1 atom stereocenters. The Labute approximate surface area is 178 Å². The molecule has 0 fully saturated rings. The highest BCUT2D eigenvalue weighted by atomic mass is 32.2. The first-order chi connectivity index (χ1) is 14.7. The summed E-state index contributed by atoms with van der Waals surface area (Å²) in [5.74, 6) is -0.167. The van der Waals surface area contributed by atoms with Crippen molar-refractivity contribution in [1.29, 1.82) is 0 Å². The van der Waals surface area contributed by atoms with Crippen molar-refractivity contribution in [2.75, 3.05) is 17.3 Å². The molecule has 0 N–H and O–H groups in total. The van der Waals surface area contributed by atoms with Gasteiger partial charge in [0, 0.05) is 16.2 Å². The molecule has 0 radical (unpaired) electrons. The van der Waals surface area contributed by atoms with Crippen LogP contribution < -0.4 is 4.90 Å². The summed E-state index contributed by atoms with van der Waals surface area (Å²) in [6.45, 7) is -0.364. The maximum absolute atomic E-state index is 13.2. The highest BCUT2D eigenvalue weighted by molar-refractivity contribution is 7.99. The topological polar surface area (TPSA) is 63.7 Å². The number of rotatable bonds is 5. The second kappa shape index (κ2) is 8.97. The number of hydrogen-bond acceptors (Lipinski definition) is 5. The van der Waals surface area contributed by atoms with Gasteiger partial charge in [0.25, 0.3) is 5.91 Å². The van der Waals surface area contributed by atoms with Crippen LogP contribution in [0.1, 0.15) is 32.3 Å². The number of fused-ring (bicyclic) bond motifs is 1. The van der Waals surface area contributed by atoms with Crippen molar-refractivity contribution in [3.63, 3.8) is 0 Å². The minimum atomic E-state index is -0.600. The highest BCUT2D eigenvalue weighted by Gasteiger charge is 2.32. The number of aldehydes is 1. The third kappa shape index (κ3) is 4.14. The fraction of sp³-hybridized carbons (Fsp3) is 0.125. The van der Waals surface area contributed by atoms with Crippen LogP contribution in [0.2, 0.25) is 0 Å². The normalized spacial score (nSPS) is 15.2. The van der Waals surface area contributed by atoms with E-state index in [0.29, 0.717) is 23.2 Å². The zero-order valence-corrected chi connectivity index (χ0v) is 16.9. The third-order valence-corrected chi connectivity index (χ3v) is 6.03. The molecule has 1 heterocycles. The number of para-hydroxylation sites is 1. The average Bonchev–Trinajstić information content (AvgIpc) is 2.82. The van der Waals surface area contributed by atoms with E-state index in [4.69, 9.17) is 4.74 Å². The first-order valence-corrected chi connectivity index (χ1v) is 10.5. The molecule has 0 saturated carbocycles. The monoisotopic (exact) mass is 417 g/mol. The van der Waals surface area contributed by atoms with E-state index in [1.807, 2.05) is 54.6 Å². The summed E-state index contributed by atoms with van der Waals surface area (Å²) in [4.78, 5) is 39.0. The van der Waals surface area contributed by atoms with Gasteiger partial charge >= 0.3 is 5.97 Å². The molecule has 1 aliphatic heterocycles. The number of nitrogens with zero attached hydrogens (tertiary/aromatic N) is 1. The average molecular weight is 417 g/mol. The minimum Gasteiger partial charge on any atom is -0.452 e. The number of thioether (sulfide) groups is 1. The molecule has 0 unspecified atom stereocenters. The summed E-state index contributed by atoms with van der Waals surface area (Å²) in [7, 11) is 0. The Morgan fingerprint density at radius 2 is 1.67 bits per heavy atom. The summed E-state index contributed by atoms with van der Waals surface area (Å²) in [5, 5.41) is 0. The van der Waals surface area contributed by atoms with Gasteiger partial charge in [-0.25, -0.2) is 4.79 Å². The molecule has 30 heavy (non-hydrogen) atoms. The molecular formula is C24H19NO4S. The maximum Gasteiger partial charge on any atom is 0.338 e. The van der Waals surface area contributed by atoms with Crippen molar-refractivity contribution < 1.29 is 19.1 Å². The van der Waals surface area contributed by atoms with Crippen molar-refractivity contribution >= 4 is 35.6 Å². The molecule has 1 aliphatic rings. The molecule has 0 aliphatic carbocycles. The number of esters is 1. The van der Waals surface area contributed by atoms with E-state index >= 15 is 0 Å². The predicted molar refractivity (Wildman–Crippen MR) is 116 cm³/mol. The standard InChI is InChI=1S/C24H19NO4S/c26-14-17-10-12-19(13-11-17)24(28)29-15-23(27)25-20-8-4-5-9-22(20)30-16-21(25)18-6-2-1-3-7-18/h1-14,21H,15-16H2/t21-/m0/s1. The van der Waals surface area contributed by atoms with E-state index in [-0.39, 0.29) is 18.6 Å². The molecule has 0 aromatic heterocycles. The Hall–Kier alpha value is -3.38. The lowest BCUT2D eigenvalue weighted by atomic mass is 10.1. The molecule has 0 spiro atoms. The fourth-order valence-corrected chi connectivity index (χ4v) is 4.56. The SMILES string of the molecule is O=Cc1ccc(C(=O)OCC(=O)N2c3ccccc3SC[C@H]2c2ccccc2)cc1. The van der Waals surface area contributed by atoms with E-state index in [0.717, 1.165) is 16.1 Å². The van der Waals surface area contributed by atoms with E-state index < -0.39 is 5.97 Å². The van der Waals surface area contributed by atoms with E-state index in [1.165, 1.54) is 24.3 Å². The van der Waals surface area contributed by atoms with Crippen molar-refractivity contribution in [1.82, 2.24) is 0 Å². The number of amides is 1. The Balaban J connectivity index is 1.54. The minimum absolute atomic E-state index is 0.149. The second-order valence-electron chi connectivity index (χ2n) is 6.78. The second-order valence-corrected chi connectivity index (χ2v) is 7.85. The summed E-state index contributed by atoms with van der Waals surface area (Å²) >= 11 is 1.71. The molecular weight excluding hydrogens is 398 g/mol. The Kier molecular flexibility index (Phi) is 5.95. The van der Waals surface area contributed by atoms with Crippen molar-refractivity contribution in [3.8, 4) is 0 Å². The van der Waals surface area contributed by atoms with Crippen LogP contribution in [-0.4, -0.2) is 30.5 Å². The van der Waals surface area contributed by atoms with E-state index in [9.17, 15) is 14.4 Å². The van der Waals surface area contributed by atoms with E-state index in [1.54, 1.807) is 16.7 Å². The zero-order valence-electron chi connectivity index (χ0n) is 16.1. The molecule has 1 amide bonds. The van der Waals surface area contributed by atoms with Gasteiger partial charge in [-0.1, -0.05) is 54.6 Å². The molecule has 0 bridgehead atoms. The molecule has 6 heteroatoms. The number of benzene rings is 3.